The molecule has 0 aliphatic carbocycles. The summed E-state index contributed by atoms with van der Waals surface area (Å²) in [5, 5.41) is 7.41. The van der Waals surface area contributed by atoms with E-state index in [4.69, 9.17) is 0 Å². The number of imide groups is 1. The molecule has 1 aromatic rings. The molecule has 1 atom stereocenters. The van der Waals surface area contributed by atoms with Crippen molar-refractivity contribution in [2.24, 2.45) is 0 Å². The highest BCUT2D eigenvalue weighted by atomic mass is 16.2. The zero-order valence-corrected chi connectivity index (χ0v) is 12.1. The number of rotatable bonds is 5. The molecule has 4 amide bonds. The second-order valence-corrected chi connectivity index (χ2v) is 5.38. The van der Waals surface area contributed by atoms with Crippen molar-refractivity contribution < 1.29 is 14.4 Å². The lowest BCUT2D eigenvalue weighted by Crippen LogP contribution is -2.30. The molecular weight excluding hydrogens is 270 g/mol. The standard InChI is InChI=1S/C15H19N3O3/c1-9(2)10-4-3-5-11(8-10)16-13(19)7-6-12-14(20)18-15(21)17-12/h3-5,8-9,12H,6-7H2,1-2H3,(H,16,19)(H2,17,18,20,21)/t12-/m1/s1. The third-order valence-corrected chi connectivity index (χ3v) is 3.36. The predicted molar refractivity (Wildman–Crippen MR) is 78.9 cm³/mol. The second-order valence-electron chi connectivity index (χ2n) is 5.38. The molecule has 0 bridgehead atoms. The van der Waals surface area contributed by atoms with Crippen molar-refractivity contribution in [3.05, 3.63) is 29.8 Å². The summed E-state index contributed by atoms with van der Waals surface area (Å²) >= 11 is 0. The van der Waals surface area contributed by atoms with Crippen LogP contribution in [0.3, 0.4) is 0 Å². The summed E-state index contributed by atoms with van der Waals surface area (Å²) < 4.78 is 0. The summed E-state index contributed by atoms with van der Waals surface area (Å²) in [7, 11) is 0. The lowest BCUT2D eigenvalue weighted by Gasteiger charge is -2.10. The summed E-state index contributed by atoms with van der Waals surface area (Å²) in [5.74, 6) is -0.168. The maximum Gasteiger partial charge on any atom is 0.322 e. The predicted octanol–water partition coefficient (Wildman–Crippen LogP) is 1.74. The molecule has 1 aliphatic heterocycles. The van der Waals surface area contributed by atoms with Gasteiger partial charge in [0.15, 0.2) is 0 Å². The first-order valence-electron chi connectivity index (χ1n) is 6.97. The van der Waals surface area contributed by atoms with E-state index in [0.717, 1.165) is 11.3 Å². The van der Waals surface area contributed by atoms with Gasteiger partial charge in [0.1, 0.15) is 6.04 Å². The van der Waals surface area contributed by atoms with Gasteiger partial charge in [-0.2, -0.15) is 0 Å². The Morgan fingerprint density at radius 1 is 1.33 bits per heavy atom. The monoisotopic (exact) mass is 289 g/mol. The summed E-state index contributed by atoms with van der Waals surface area (Å²) in [5.41, 5.74) is 1.89. The molecule has 1 fully saturated rings. The summed E-state index contributed by atoms with van der Waals surface area (Å²) in [4.78, 5) is 34.2. The molecule has 3 N–H and O–H groups in total. The molecule has 0 spiro atoms. The van der Waals surface area contributed by atoms with Crippen molar-refractivity contribution >= 4 is 23.5 Å². The van der Waals surface area contributed by atoms with E-state index in [-0.39, 0.29) is 24.7 Å². The van der Waals surface area contributed by atoms with Crippen LogP contribution in [0.1, 0.15) is 38.2 Å². The number of hydrogen-bond donors (Lipinski definition) is 3. The molecule has 6 nitrogen and oxygen atoms in total. The molecule has 1 aliphatic rings. The quantitative estimate of drug-likeness (QED) is 0.721. The van der Waals surface area contributed by atoms with Gasteiger partial charge in [-0.25, -0.2) is 4.79 Å². The SMILES string of the molecule is CC(C)c1cccc(NC(=O)CC[C@H]2NC(=O)NC2=O)c1. The van der Waals surface area contributed by atoms with Crippen molar-refractivity contribution in [1.29, 1.82) is 0 Å². The van der Waals surface area contributed by atoms with Crippen LogP contribution >= 0.6 is 0 Å². The Labute approximate surface area is 123 Å². The molecule has 1 heterocycles. The Bertz CT molecular complexity index is 569. The Balaban J connectivity index is 1.86. The summed E-state index contributed by atoms with van der Waals surface area (Å²) in [6, 6.07) is 6.55. The van der Waals surface area contributed by atoms with Gasteiger partial charge in [0.25, 0.3) is 5.91 Å². The molecule has 1 aromatic carbocycles. The van der Waals surface area contributed by atoms with E-state index in [1.807, 2.05) is 24.3 Å². The molecule has 112 valence electrons. The first-order valence-corrected chi connectivity index (χ1v) is 6.97. The van der Waals surface area contributed by atoms with Gasteiger partial charge < -0.3 is 10.6 Å². The maximum atomic E-state index is 11.9. The number of benzene rings is 1. The van der Waals surface area contributed by atoms with Crippen LogP contribution in [-0.4, -0.2) is 23.9 Å². The van der Waals surface area contributed by atoms with Gasteiger partial charge in [-0.05, 0) is 30.0 Å². The molecule has 0 unspecified atom stereocenters. The van der Waals surface area contributed by atoms with Gasteiger partial charge in [-0.1, -0.05) is 26.0 Å². The number of amides is 4. The average Bonchev–Trinajstić information content (AvgIpc) is 2.75. The smallest absolute Gasteiger partial charge is 0.322 e. The molecule has 6 heteroatoms. The third-order valence-electron chi connectivity index (χ3n) is 3.36. The normalized spacial score (nSPS) is 17.6. The first kappa shape index (κ1) is 15.0. The number of nitrogens with one attached hydrogen (secondary N) is 3. The van der Waals surface area contributed by atoms with E-state index < -0.39 is 12.1 Å². The van der Waals surface area contributed by atoms with Crippen molar-refractivity contribution in [2.45, 2.75) is 38.6 Å². The summed E-state index contributed by atoms with van der Waals surface area (Å²) in [6.45, 7) is 4.17. The maximum absolute atomic E-state index is 11.9. The van der Waals surface area contributed by atoms with Crippen LogP contribution in [0.5, 0.6) is 0 Å². The van der Waals surface area contributed by atoms with Crippen LogP contribution in [0.15, 0.2) is 24.3 Å². The fourth-order valence-electron chi connectivity index (χ4n) is 2.14. The molecular formula is C15H19N3O3. The number of urea groups is 1. The first-order chi connectivity index (χ1) is 9.95. The van der Waals surface area contributed by atoms with E-state index in [1.54, 1.807) is 0 Å². The fraction of sp³-hybridized carbons (Fsp3) is 0.400. The second kappa shape index (κ2) is 6.39. The molecule has 0 saturated carbocycles. The van der Waals surface area contributed by atoms with E-state index in [1.165, 1.54) is 0 Å². The molecule has 21 heavy (non-hydrogen) atoms. The largest absolute Gasteiger partial charge is 0.326 e. The Kier molecular flexibility index (Phi) is 4.57. The van der Waals surface area contributed by atoms with Crippen LogP contribution in [0, 0.1) is 0 Å². The zero-order valence-electron chi connectivity index (χ0n) is 12.1. The van der Waals surface area contributed by atoms with Crippen LogP contribution in [-0.2, 0) is 9.59 Å². The van der Waals surface area contributed by atoms with Gasteiger partial charge in [0.2, 0.25) is 5.91 Å². The van der Waals surface area contributed by atoms with Crippen molar-refractivity contribution in [3.63, 3.8) is 0 Å². The highest BCUT2D eigenvalue weighted by Crippen LogP contribution is 2.18. The summed E-state index contributed by atoms with van der Waals surface area (Å²) in [6.07, 6.45) is 0.456. The van der Waals surface area contributed by atoms with Crippen LogP contribution in [0.4, 0.5) is 10.5 Å². The minimum Gasteiger partial charge on any atom is -0.326 e. The molecule has 1 saturated heterocycles. The Hall–Kier alpha value is -2.37. The van der Waals surface area contributed by atoms with Crippen LogP contribution < -0.4 is 16.0 Å². The van der Waals surface area contributed by atoms with E-state index in [0.29, 0.717) is 5.92 Å². The lowest BCUT2D eigenvalue weighted by molar-refractivity contribution is -0.120. The van der Waals surface area contributed by atoms with Crippen LogP contribution in [0.2, 0.25) is 0 Å². The van der Waals surface area contributed by atoms with E-state index in [2.05, 4.69) is 29.8 Å². The Morgan fingerprint density at radius 2 is 2.10 bits per heavy atom. The number of hydrogen-bond acceptors (Lipinski definition) is 3. The van der Waals surface area contributed by atoms with Gasteiger partial charge in [0.05, 0.1) is 0 Å². The van der Waals surface area contributed by atoms with Crippen molar-refractivity contribution in [3.8, 4) is 0 Å². The fourth-order valence-corrected chi connectivity index (χ4v) is 2.14. The van der Waals surface area contributed by atoms with Crippen LogP contribution in [0.25, 0.3) is 0 Å². The Morgan fingerprint density at radius 3 is 2.71 bits per heavy atom. The van der Waals surface area contributed by atoms with Gasteiger partial charge in [-0.3, -0.25) is 14.9 Å². The van der Waals surface area contributed by atoms with Gasteiger partial charge in [0, 0.05) is 12.1 Å². The van der Waals surface area contributed by atoms with Gasteiger partial charge in [-0.15, -0.1) is 0 Å². The molecule has 0 aromatic heterocycles. The number of carbonyl (C=O) groups is 3. The average molecular weight is 289 g/mol. The topological polar surface area (TPSA) is 87.3 Å². The number of anilines is 1. The van der Waals surface area contributed by atoms with E-state index in [9.17, 15) is 14.4 Å². The molecule has 0 radical (unpaired) electrons. The highest BCUT2D eigenvalue weighted by molar-refractivity contribution is 6.04. The van der Waals surface area contributed by atoms with Gasteiger partial charge >= 0.3 is 6.03 Å². The molecule has 2 rings (SSSR count). The third kappa shape index (κ3) is 4.05. The minimum atomic E-state index is -0.620. The highest BCUT2D eigenvalue weighted by Gasteiger charge is 2.29. The van der Waals surface area contributed by atoms with Crippen molar-refractivity contribution in [1.82, 2.24) is 10.6 Å². The zero-order chi connectivity index (χ0) is 15.4. The minimum absolute atomic E-state index is 0.171. The lowest BCUT2D eigenvalue weighted by atomic mass is 10.0. The number of carbonyl (C=O) groups excluding carboxylic acids is 3. The van der Waals surface area contributed by atoms with Crippen molar-refractivity contribution in [2.75, 3.05) is 5.32 Å². The van der Waals surface area contributed by atoms with E-state index >= 15 is 0 Å².